The summed E-state index contributed by atoms with van der Waals surface area (Å²) in [5.41, 5.74) is 0.658. The molecule has 10 heteroatoms. The van der Waals surface area contributed by atoms with Crippen molar-refractivity contribution in [3.63, 3.8) is 0 Å². The lowest BCUT2D eigenvalue weighted by Crippen LogP contribution is -2.43. The number of likely N-dealkylation sites (tertiary alicyclic amines) is 1. The first-order chi connectivity index (χ1) is 16.1. The summed E-state index contributed by atoms with van der Waals surface area (Å²) in [5, 5.41) is 3.55. The highest BCUT2D eigenvalue weighted by atomic mass is 19.2. The van der Waals surface area contributed by atoms with Crippen LogP contribution in [-0.2, 0) is 13.1 Å². The van der Waals surface area contributed by atoms with E-state index < -0.39 is 17.2 Å². The van der Waals surface area contributed by atoms with Gasteiger partial charge >= 0.3 is 0 Å². The third-order valence-corrected chi connectivity index (χ3v) is 6.18. The number of hydrogen-bond donors (Lipinski definition) is 1. The number of benzene rings is 1. The molecular weight excluding hydrogens is 432 g/mol. The summed E-state index contributed by atoms with van der Waals surface area (Å²) in [6.45, 7) is 4.28. The topological polar surface area (TPSA) is 81.5 Å². The zero-order chi connectivity index (χ0) is 22.8. The van der Waals surface area contributed by atoms with Crippen LogP contribution in [0.2, 0.25) is 0 Å². The van der Waals surface area contributed by atoms with Gasteiger partial charge in [0, 0.05) is 31.7 Å². The van der Waals surface area contributed by atoms with Gasteiger partial charge < -0.3 is 24.3 Å². The van der Waals surface area contributed by atoms with Gasteiger partial charge in [-0.05, 0) is 38.1 Å². The van der Waals surface area contributed by atoms with E-state index in [2.05, 4.69) is 20.2 Å². The van der Waals surface area contributed by atoms with Gasteiger partial charge in [-0.1, -0.05) is 0 Å². The van der Waals surface area contributed by atoms with Gasteiger partial charge in [0.1, 0.15) is 18.7 Å². The summed E-state index contributed by atoms with van der Waals surface area (Å²) >= 11 is 0. The van der Waals surface area contributed by atoms with Crippen LogP contribution >= 0.6 is 0 Å². The van der Waals surface area contributed by atoms with Crippen molar-refractivity contribution in [1.29, 1.82) is 0 Å². The number of halogens is 2. The van der Waals surface area contributed by atoms with E-state index in [1.54, 1.807) is 6.20 Å². The van der Waals surface area contributed by atoms with Crippen LogP contribution in [0, 0.1) is 11.6 Å². The molecule has 0 spiro atoms. The average Bonchev–Trinajstić information content (AvgIpc) is 2.85. The van der Waals surface area contributed by atoms with Crippen LogP contribution in [-0.4, -0.2) is 58.3 Å². The summed E-state index contributed by atoms with van der Waals surface area (Å²) in [7, 11) is 0. The minimum atomic E-state index is -1.03. The Kier molecular flexibility index (Phi) is 6.19. The Morgan fingerprint density at radius 3 is 2.64 bits per heavy atom. The lowest BCUT2D eigenvalue weighted by Gasteiger charge is -2.32. The summed E-state index contributed by atoms with van der Waals surface area (Å²) in [6.07, 6.45) is 4.74. The van der Waals surface area contributed by atoms with Crippen molar-refractivity contribution in [1.82, 2.24) is 24.8 Å². The molecule has 0 unspecified atom stereocenters. The fourth-order valence-electron chi connectivity index (χ4n) is 4.35. The van der Waals surface area contributed by atoms with E-state index in [1.165, 1.54) is 10.6 Å². The molecule has 5 rings (SSSR count). The second-order valence-corrected chi connectivity index (χ2v) is 8.29. The molecule has 2 aliphatic heterocycles. The summed E-state index contributed by atoms with van der Waals surface area (Å²) in [5.74, 6) is -0.600. The molecule has 2 aromatic heterocycles. The molecule has 1 aromatic carbocycles. The van der Waals surface area contributed by atoms with Crippen molar-refractivity contribution in [2.24, 2.45) is 0 Å². The van der Waals surface area contributed by atoms with Gasteiger partial charge in [0.15, 0.2) is 23.1 Å². The first-order valence-electron chi connectivity index (χ1n) is 11.1. The van der Waals surface area contributed by atoms with Gasteiger partial charge in [0.05, 0.1) is 23.6 Å². The van der Waals surface area contributed by atoms with E-state index >= 15 is 0 Å². The van der Waals surface area contributed by atoms with Crippen molar-refractivity contribution >= 4 is 11.0 Å². The number of pyridine rings is 1. The van der Waals surface area contributed by atoms with Gasteiger partial charge in [0.25, 0.3) is 5.56 Å². The molecule has 1 N–H and O–H groups in total. The zero-order valence-electron chi connectivity index (χ0n) is 18.1. The number of nitrogens with one attached hydrogen (secondary N) is 1. The van der Waals surface area contributed by atoms with E-state index in [4.69, 9.17) is 9.47 Å². The Hall–Kier alpha value is -3.11. The third-order valence-electron chi connectivity index (χ3n) is 6.18. The van der Waals surface area contributed by atoms with Crippen LogP contribution in [0.15, 0.2) is 35.4 Å². The molecule has 0 radical (unpaired) electrons. The molecule has 1 fully saturated rings. The number of ether oxygens (including phenoxy) is 2. The molecule has 1 saturated heterocycles. The van der Waals surface area contributed by atoms with Crippen LogP contribution in [0.3, 0.4) is 0 Å². The lowest BCUT2D eigenvalue weighted by atomic mass is 10.0. The van der Waals surface area contributed by atoms with Crippen LogP contribution in [0.25, 0.3) is 11.0 Å². The molecule has 0 amide bonds. The van der Waals surface area contributed by atoms with Crippen LogP contribution in [0.1, 0.15) is 18.5 Å². The second-order valence-electron chi connectivity index (χ2n) is 8.29. The second kappa shape index (κ2) is 9.40. The summed E-state index contributed by atoms with van der Waals surface area (Å²) < 4.78 is 40.5. The predicted molar refractivity (Wildman–Crippen MR) is 117 cm³/mol. The monoisotopic (exact) mass is 457 g/mol. The molecule has 3 aromatic rings. The van der Waals surface area contributed by atoms with Gasteiger partial charge in [0.2, 0.25) is 0 Å². The van der Waals surface area contributed by atoms with Gasteiger partial charge in [-0.3, -0.25) is 9.78 Å². The minimum absolute atomic E-state index is 0.0778. The SMILES string of the molecule is O=c1cnc2ccc(F)c(F)c2n1CCN1CCC(NCc2cc3c(cn2)OCCO3)CC1. The molecule has 0 saturated carbocycles. The molecule has 174 valence electrons. The fraction of sp³-hybridized carbons (Fsp3) is 0.435. The van der Waals surface area contributed by atoms with E-state index in [1.807, 2.05) is 6.07 Å². The van der Waals surface area contributed by atoms with E-state index in [9.17, 15) is 13.6 Å². The van der Waals surface area contributed by atoms with Crippen LogP contribution in [0.4, 0.5) is 8.78 Å². The first-order valence-corrected chi connectivity index (χ1v) is 11.1. The first kappa shape index (κ1) is 21.7. The van der Waals surface area contributed by atoms with E-state index in [-0.39, 0.29) is 17.6 Å². The fourth-order valence-corrected chi connectivity index (χ4v) is 4.35. The quantitative estimate of drug-likeness (QED) is 0.607. The molecule has 0 atom stereocenters. The van der Waals surface area contributed by atoms with Gasteiger partial charge in [-0.2, -0.15) is 0 Å². The van der Waals surface area contributed by atoms with Crippen molar-refractivity contribution in [2.45, 2.75) is 32.0 Å². The van der Waals surface area contributed by atoms with Crippen LogP contribution in [0.5, 0.6) is 11.5 Å². The number of rotatable bonds is 6. The molecule has 4 heterocycles. The number of piperidine rings is 1. The predicted octanol–water partition coefficient (Wildman–Crippen LogP) is 2.10. The Morgan fingerprint density at radius 1 is 1.03 bits per heavy atom. The number of fused-ring (bicyclic) bond motifs is 2. The highest BCUT2D eigenvalue weighted by molar-refractivity contribution is 5.75. The van der Waals surface area contributed by atoms with Crippen molar-refractivity contribution in [3.05, 3.63) is 58.3 Å². The van der Waals surface area contributed by atoms with Crippen molar-refractivity contribution in [3.8, 4) is 11.5 Å². The third kappa shape index (κ3) is 4.67. The number of aromatic nitrogens is 3. The normalized spacial score (nSPS) is 16.9. The Balaban J connectivity index is 1.15. The number of nitrogens with zero attached hydrogens (tertiary/aromatic N) is 4. The zero-order valence-corrected chi connectivity index (χ0v) is 18.1. The van der Waals surface area contributed by atoms with E-state index in [0.29, 0.717) is 38.1 Å². The maximum Gasteiger partial charge on any atom is 0.269 e. The standard InChI is InChI=1S/C23H25F2N5O3/c24-17-1-2-18-23(22(17)25)30(21(31)14-28-18)8-7-29-5-3-15(4-6-29)26-12-16-11-19-20(13-27-16)33-10-9-32-19/h1-2,11,13-15,26H,3-10,12H2. The van der Waals surface area contributed by atoms with Crippen molar-refractivity contribution < 1.29 is 18.3 Å². The Labute approximate surface area is 189 Å². The van der Waals surface area contributed by atoms with Crippen molar-refractivity contribution in [2.75, 3.05) is 32.8 Å². The summed E-state index contributed by atoms with van der Waals surface area (Å²) in [4.78, 5) is 22.9. The average molecular weight is 457 g/mol. The largest absolute Gasteiger partial charge is 0.486 e. The lowest BCUT2D eigenvalue weighted by molar-refractivity contribution is 0.170. The van der Waals surface area contributed by atoms with E-state index in [0.717, 1.165) is 49.6 Å². The highest BCUT2D eigenvalue weighted by Crippen LogP contribution is 2.29. The van der Waals surface area contributed by atoms with Crippen LogP contribution < -0.4 is 20.3 Å². The molecule has 8 nitrogen and oxygen atoms in total. The van der Waals surface area contributed by atoms with Gasteiger partial charge in [-0.15, -0.1) is 0 Å². The summed E-state index contributed by atoms with van der Waals surface area (Å²) in [6, 6.07) is 4.68. The smallest absolute Gasteiger partial charge is 0.269 e. The molecule has 0 aliphatic carbocycles. The molecular formula is C23H25F2N5O3. The Bertz CT molecular complexity index is 1210. The Morgan fingerprint density at radius 2 is 1.82 bits per heavy atom. The molecule has 0 bridgehead atoms. The maximum atomic E-state index is 14.4. The number of hydrogen-bond acceptors (Lipinski definition) is 7. The maximum absolute atomic E-state index is 14.4. The highest BCUT2D eigenvalue weighted by Gasteiger charge is 2.20. The molecule has 33 heavy (non-hydrogen) atoms. The minimum Gasteiger partial charge on any atom is -0.486 e. The molecule has 2 aliphatic rings. The van der Waals surface area contributed by atoms with Gasteiger partial charge in [-0.25, -0.2) is 13.8 Å².